The lowest BCUT2D eigenvalue weighted by Gasteiger charge is -2.24. The number of hydroxylamine groups is 1. The summed E-state index contributed by atoms with van der Waals surface area (Å²) in [5, 5.41) is 0. The summed E-state index contributed by atoms with van der Waals surface area (Å²) in [6, 6.07) is 0. The Morgan fingerprint density at radius 1 is 1.55 bits per heavy atom. The Labute approximate surface area is 68.1 Å². The lowest BCUT2D eigenvalue weighted by atomic mass is 9.99. The van der Waals surface area contributed by atoms with E-state index in [1.807, 2.05) is 13.8 Å². The van der Waals surface area contributed by atoms with E-state index >= 15 is 0 Å². The van der Waals surface area contributed by atoms with Crippen LogP contribution in [0.1, 0.15) is 34.1 Å². The van der Waals surface area contributed by atoms with Gasteiger partial charge in [-0.15, -0.1) is 0 Å². The Kier molecular flexibility index (Phi) is 4.30. The number of Topliss-reactive ketones (excluding diaryl/α,β-unsaturated/α-hetero) is 1. The zero-order valence-corrected chi connectivity index (χ0v) is 7.73. The van der Waals surface area contributed by atoms with Crippen LogP contribution in [-0.2, 0) is 9.63 Å². The van der Waals surface area contributed by atoms with Crippen LogP contribution >= 0.6 is 0 Å². The molecule has 0 saturated heterocycles. The summed E-state index contributed by atoms with van der Waals surface area (Å²) < 4.78 is 0. The summed E-state index contributed by atoms with van der Waals surface area (Å²) in [5.74, 6) is 0.0564. The normalized spacial score (nSPS) is 16.0. The lowest BCUT2D eigenvalue weighted by Crippen LogP contribution is -2.40. The van der Waals surface area contributed by atoms with E-state index in [2.05, 4.69) is 5.48 Å². The van der Waals surface area contributed by atoms with Gasteiger partial charge < -0.3 is 0 Å². The maximum atomic E-state index is 11.0. The highest BCUT2D eigenvalue weighted by molar-refractivity contribution is 5.84. The first kappa shape index (κ1) is 10.6. The SMILES string of the molecule is CCNOC(C)(CC)C(C)=O. The number of ketones is 1. The van der Waals surface area contributed by atoms with Gasteiger partial charge in [0.2, 0.25) is 0 Å². The van der Waals surface area contributed by atoms with Crippen LogP contribution in [0.4, 0.5) is 0 Å². The Balaban J connectivity index is 3.99. The average Bonchev–Trinajstić information content (AvgIpc) is 2.00. The number of rotatable bonds is 5. The van der Waals surface area contributed by atoms with Gasteiger partial charge in [-0.2, -0.15) is 0 Å². The van der Waals surface area contributed by atoms with Gasteiger partial charge in [0.25, 0.3) is 0 Å². The van der Waals surface area contributed by atoms with Gasteiger partial charge in [0.1, 0.15) is 5.60 Å². The van der Waals surface area contributed by atoms with Crippen molar-refractivity contribution < 1.29 is 9.63 Å². The second-order valence-electron chi connectivity index (χ2n) is 2.74. The molecule has 0 amide bonds. The van der Waals surface area contributed by atoms with E-state index in [1.54, 1.807) is 13.8 Å². The van der Waals surface area contributed by atoms with Gasteiger partial charge in [-0.05, 0) is 20.3 Å². The molecule has 0 bridgehead atoms. The second-order valence-corrected chi connectivity index (χ2v) is 2.74. The van der Waals surface area contributed by atoms with Crippen molar-refractivity contribution in [2.45, 2.75) is 39.7 Å². The number of hydrogen-bond acceptors (Lipinski definition) is 3. The number of nitrogens with one attached hydrogen (secondary N) is 1. The van der Waals surface area contributed by atoms with Crippen LogP contribution in [0.3, 0.4) is 0 Å². The maximum absolute atomic E-state index is 11.0. The van der Waals surface area contributed by atoms with Crippen molar-refractivity contribution in [3.63, 3.8) is 0 Å². The van der Waals surface area contributed by atoms with Crippen molar-refractivity contribution in [1.82, 2.24) is 5.48 Å². The molecule has 1 unspecified atom stereocenters. The lowest BCUT2D eigenvalue weighted by molar-refractivity contribution is -0.151. The van der Waals surface area contributed by atoms with Crippen molar-refractivity contribution in [3.8, 4) is 0 Å². The molecule has 0 aromatic carbocycles. The van der Waals surface area contributed by atoms with E-state index in [0.717, 1.165) is 0 Å². The van der Waals surface area contributed by atoms with Crippen molar-refractivity contribution >= 4 is 5.78 Å². The highest BCUT2D eigenvalue weighted by atomic mass is 16.7. The Hall–Kier alpha value is -0.410. The second kappa shape index (κ2) is 4.46. The van der Waals surface area contributed by atoms with Crippen molar-refractivity contribution in [3.05, 3.63) is 0 Å². The first-order valence-electron chi connectivity index (χ1n) is 3.98. The molecule has 0 aromatic heterocycles. The molecule has 0 spiro atoms. The molecule has 0 aliphatic carbocycles. The van der Waals surface area contributed by atoms with E-state index < -0.39 is 5.60 Å². The third-order valence-corrected chi connectivity index (χ3v) is 1.86. The summed E-state index contributed by atoms with van der Waals surface area (Å²) in [5.41, 5.74) is 2.04. The number of carbonyl (C=O) groups is 1. The van der Waals surface area contributed by atoms with Gasteiger partial charge in [-0.1, -0.05) is 13.8 Å². The minimum absolute atomic E-state index is 0.0564. The van der Waals surface area contributed by atoms with Crippen LogP contribution in [0, 0.1) is 0 Å². The smallest absolute Gasteiger partial charge is 0.163 e. The van der Waals surface area contributed by atoms with Gasteiger partial charge >= 0.3 is 0 Å². The van der Waals surface area contributed by atoms with E-state index in [-0.39, 0.29) is 5.78 Å². The van der Waals surface area contributed by atoms with Gasteiger partial charge in [-0.25, -0.2) is 5.48 Å². The van der Waals surface area contributed by atoms with Crippen LogP contribution < -0.4 is 5.48 Å². The zero-order chi connectivity index (χ0) is 8.91. The van der Waals surface area contributed by atoms with Crippen LogP contribution in [-0.4, -0.2) is 17.9 Å². The first-order chi connectivity index (χ1) is 5.06. The van der Waals surface area contributed by atoms with Gasteiger partial charge in [-0.3, -0.25) is 9.63 Å². The van der Waals surface area contributed by atoms with Crippen molar-refractivity contribution in [1.29, 1.82) is 0 Å². The Morgan fingerprint density at radius 2 is 2.09 bits per heavy atom. The third-order valence-electron chi connectivity index (χ3n) is 1.86. The molecule has 66 valence electrons. The Bertz CT molecular complexity index is 136. The summed E-state index contributed by atoms with van der Waals surface area (Å²) in [7, 11) is 0. The molecule has 0 aliphatic heterocycles. The predicted molar refractivity (Wildman–Crippen MR) is 44.1 cm³/mol. The first-order valence-corrected chi connectivity index (χ1v) is 3.98. The summed E-state index contributed by atoms with van der Waals surface area (Å²) >= 11 is 0. The fourth-order valence-corrected chi connectivity index (χ4v) is 0.624. The van der Waals surface area contributed by atoms with Crippen molar-refractivity contribution in [2.24, 2.45) is 0 Å². The topological polar surface area (TPSA) is 38.3 Å². The predicted octanol–water partition coefficient (Wildman–Crippen LogP) is 1.29. The van der Waals surface area contributed by atoms with Crippen LogP contribution in [0.15, 0.2) is 0 Å². The molecule has 3 nitrogen and oxygen atoms in total. The molecule has 1 N–H and O–H groups in total. The molecule has 3 heteroatoms. The van der Waals surface area contributed by atoms with Crippen LogP contribution in [0.5, 0.6) is 0 Å². The highest BCUT2D eigenvalue weighted by Crippen LogP contribution is 2.14. The van der Waals surface area contributed by atoms with E-state index in [4.69, 9.17) is 4.84 Å². The summed E-state index contributed by atoms with van der Waals surface area (Å²) in [6.07, 6.45) is 0.690. The fourth-order valence-electron chi connectivity index (χ4n) is 0.624. The molecule has 0 aromatic rings. The summed E-state index contributed by atoms with van der Waals surface area (Å²) in [4.78, 5) is 16.2. The average molecular weight is 159 g/mol. The van der Waals surface area contributed by atoms with Crippen molar-refractivity contribution in [2.75, 3.05) is 6.54 Å². The monoisotopic (exact) mass is 159 g/mol. The van der Waals surface area contributed by atoms with Gasteiger partial charge in [0.15, 0.2) is 5.78 Å². The third kappa shape index (κ3) is 2.99. The van der Waals surface area contributed by atoms with Crippen LogP contribution in [0.2, 0.25) is 0 Å². The fraction of sp³-hybridized carbons (Fsp3) is 0.875. The van der Waals surface area contributed by atoms with E-state index in [9.17, 15) is 4.79 Å². The van der Waals surface area contributed by atoms with Gasteiger partial charge in [0.05, 0.1) is 0 Å². The molecule has 0 aliphatic rings. The van der Waals surface area contributed by atoms with E-state index in [1.165, 1.54) is 0 Å². The number of carbonyl (C=O) groups excluding carboxylic acids is 1. The molecule has 11 heavy (non-hydrogen) atoms. The standard InChI is InChI=1S/C8H17NO2/c1-5-8(4,7(3)10)11-9-6-2/h9H,5-6H2,1-4H3. The maximum Gasteiger partial charge on any atom is 0.163 e. The quantitative estimate of drug-likeness (QED) is 0.614. The highest BCUT2D eigenvalue weighted by Gasteiger charge is 2.28. The molecule has 0 rings (SSSR count). The molecule has 0 saturated carbocycles. The number of hydrogen-bond donors (Lipinski definition) is 1. The van der Waals surface area contributed by atoms with Crippen LogP contribution in [0.25, 0.3) is 0 Å². The Morgan fingerprint density at radius 3 is 2.36 bits per heavy atom. The molecule has 0 heterocycles. The van der Waals surface area contributed by atoms with E-state index in [0.29, 0.717) is 13.0 Å². The minimum Gasteiger partial charge on any atom is -0.297 e. The van der Waals surface area contributed by atoms with Gasteiger partial charge in [0, 0.05) is 6.54 Å². The summed E-state index contributed by atoms with van der Waals surface area (Å²) in [6.45, 7) is 7.90. The molecular formula is C8H17NO2. The zero-order valence-electron chi connectivity index (χ0n) is 7.73. The largest absolute Gasteiger partial charge is 0.297 e. The molecular weight excluding hydrogens is 142 g/mol. The molecule has 0 fully saturated rings. The molecule has 1 atom stereocenters. The molecule has 0 radical (unpaired) electrons. The minimum atomic E-state index is -0.657.